The number of carbonyl (C=O) groups is 1. The van der Waals surface area contributed by atoms with Gasteiger partial charge in [-0.25, -0.2) is 0 Å². The molecule has 1 aromatic carbocycles. The highest BCUT2D eigenvalue weighted by atomic mass is 19.4. The molecule has 25 heavy (non-hydrogen) atoms. The average Bonchev–Trinajstić information content (AvgIpc) is 2.97. The van der Waals surface area contributed by atoms with Crippen LogP contribution >= 0.6 is 0 Å². The number of halogens is 3. The van der Waals surface area contributed by atoms with Crippen molar-refractivity contribution in [3.63, 3.8) is 0 Å². The van der Waals surface area contributed by atoms with E-state index >= 15 is 0 Å². The Bertz CT molecular complexity index is 600. The number of aliphatic hydroxyl groups is 1. The van der Waals surface area contributed by atoms with Crippen LogP contribution in [0.2, 0.25) is 0 Å². The molecule has 2 atom stereocenters. The van der Waals surface area contributed by atoms with Crippen LogP contribution in [0.4, 0.5) is 13.2 Å². The van der Waals surface area contributed by atoms with Gasteiger partial charge in [0, 0.05) is 26.2 Å². The molecule has 2 aliphatic heterocycles. The Morgan fingerprint density at radius 2 is 1.80 bits per heavy atom. The Balaban J connectivity index is 1.58. The molecule has 2 saturated heterocycles. The van der Waals surface area contributed by atoms with Crippen LogP contribution in [-0.4, -0.2) is 72.4 Å². The van der Waals surface area contributed by atoms with E-state index in [4.69, 9.17) is 4.74 Å². The summed E-state index contributed by atoms with van der Waals surface area (Å²) in [5.74, 6) is -0.186. The zero-order valence-electron chi connectivity index (χ0n) is 13.7. The van der Waals surface area contributed by atoms with Crippen molar-refractivity contribution in [2.45, 2.75) is 24.7 Å². The van der Waals surface area contributed by atoms with Crippen LogP contribution in [0.3, 0.4) is 0 Å². The van der Waals surface area contributed by atoms with E-state index in [1.165, 1.54) is 12.1 Å². The molecule has 3 rings (SSSR count). The fourth-order valence-corrected chi connectivity index (χ4v) is 3.34. The zero-order valence-corrected chi connectivity index (χ0v) is 13.7. The van der Waals surface area contributed by atoms with Crippen LogP contribution in [0, 0.1) is 0 Å². The van der Waals surface area contributed by atoms with Gasteiger partial charge in [-0.1, -0.05) is 12.1 Å². The number of hydrogen-bond acceptors (Lipinski definition) is 4. The zero-order chi connectivity index (χ0) is 18.0. The summed E-state index contributed by atoms with van der Waals surface area (Å²) >= 11 is 0. The molecule has 0 aliphatic carbocycles. The van der Waals surface area contributed by atoms with Gasteiger partial charge in [0.2, 0.25) is 5.91 Å². The van der Waals surface area contributed by atoms with Crippen molar-refractivity contribution in [1.82, 2.24) is 9.80 Å². The summed E-state index contributed by atoms with van der Waals surface area (Å²) in [7, 11) is 0. The largest absolute Gasteiger partial charge is 0.416 e. The van der Waals surface area contributed by atoms with Gasteiger partial charge in [0.25, 0.3) is 0 Å². The third-order valence-electron chi connectivity index (χ3n) is 4.76. The van der Waals surface area contributed by atoms with E-state index in [-0.39, 0.29) is 24.9 Å². The number of likely N-dealkylation sites (tertiary alicyclic amines) is 1. The molecule has 2 heterocycles. The van der Waals surface area contributed by atoms with Crippen LogP contribution in [0.15, 0.2) is 24.3 Å². The fourth-order valence-electron chi connectivity index (χ4n) is 3.34. The normalized spacial score (nSPS) is 25.4. The van der Waals surface area contributed by atoms with Crippen molar-refractivity contribution in [1.29, 1.82) is 0 Å². The summed E-state index contributed by atoms with van der Waals surface area (Å²) < 4.78 is 43.0. The number of nitrogens with zero attached hydrogens (tertiary/aromatic N) is 2. The van der Waals surface area contributed by atoms with Gasteiger partial charge in [0.15, 0.2) is 0 Å². The van der Waals surface area contributed by atoms with E-state index < -0.39 is 17.8 Å². The van der Waals surface area contributed by atoms with E-state index in [2.05, 4.69) is 4.90 Å². The Morgan fingerprint density at radius 1 is 1.16 bits per heavy atom. The molecular formula is C17H21F3N2O3. The molecule has 8 heteroatoms. The minimum atomic E-state index is -4.38. The molecule has 0 spiro atoms. The van der Waals surface area contributed by atoms with Gasteiger partial charge in [0.1, 0.15) is 0 Å². The number of alkyl halides is 3. The monoisotopic (exact) mass is 358 g/mol. The van der Waals surface area contributed by atoms with E-state index in [0.717, 1.165) is 25.2 Å². The molecule has 5 nitrogen and oxygen atoms in total. The van der Waals surface area contributed by atoms with Crippen LogP contribution < -0.4 is 0 Å². The Morgan fingerprint density at radius 3 is 2.40 bits per heavy atom. The third kappa shape index (κ3) is 4.31. The average molecular weight is 358 g/mol. The Labute approximate surface area is 144 Å². The Kier molecular flexibility index (Phi) is 5.31. The molecule has 1 amide bonds. The smallest absolute Gasteiger partial charge is 0.390 e. The summed E-state index contributed by atoms with van der Waals surface area (Å²) in [4.78, 5) is 16.1. The van der Waals surface area contributed by atoms with E-state index in [1.54, 1.807) is 4.90 Å². The number of amides is 1. The predicted molar refractivity (Wildman–Crippen MR) is 83.9 cm³/mol. The van der Waals surface area contributed by atoms with Crippen molar-refractivity contribution in [2.75, 3.05) is 39.4 Å². The summed E-state index contributed by atoms with van der Waals surface area (Å²) in [6, 6.07) is 4.51. The van der Waals surface area contributed by atoms with E-state index in [1.807, 2.05) is 0 Å². The molecule has 0 saturated carbocycles. The third-order valence-corrected chi connectivity index (χ3v) is 4.76. The number of morpholine rings is 1. The molecular weight excluding hydrogens is 337 g/mol. The number of ether oxygens (including phenoxy) is 1. The summed E-state index contributed by atoms with van der Waals surface area (Å²) in [6.07, 6.45) is -4.97. The second-order valence-corrected chi connectivity index (χ2v) is 6.45. The van der Waals surface area contributed by atoms with Crippen LogP contribution in [0.1, 0.15) is 11.1 Å². The van der Waals surface area contributed by atoms with E-state index in [9.17, 15) is 23.1 Å². The first-order valence-electron chi connectivity index (χ1n) is 8.28. The van der Waals surface area contributed by atoms with Crippen molar-refractivity contribution >= 4 is 5.91 Å². The summed E-state index contributed by atoms with van der Waals surface area (Å²) in [5, 5.41) is 10.3. The lowest BCUT2D eigenvalue weighted by Crippen LogP contribution is -2.49. The molecule has 1 N–H and O–H groups in total. The SMILES string of the molecule is O=C(Cc1ccc(C(F)(F)F)cc1)N1CC(O)C(N2CCOCC2)C1. The van der Waals surface area contributed by atoms with Crippen LogP contribution in [0.5, 0.6) is 0 Å². The fraction of sp³-hybridized carbons (Fsp3) is 0.588. The van der Waals surface area contributed by atoms with Crippen molar-refractivity contribution in [2.24, 2.45) is 0 Å². The lowest BCUT2D eigenvalue weighted by atomic mass is 10.1. The minimum absolute atomic E-state index is 0.0285. The van der Waals surface area contributed by atoms with Gasteiger partial charge >= 0.3 is 6.18 Å². The first-order valence-corrected chi connectivity index (χ1v) is 8.28. The molecule has 2 aliphatic rings. The number of β-amino-alcohol motifs (C(OH)–C–C–N with tert-alkyl or cyclic N) is 1. The van der Waals surface area contributed by atoms with Gasteiger partial charge in [-0.3, -0.25) is 9.69 Å². The summed E-state index contributed by atoms with van der Waals surface area (Å²) in [5.41, 5.74) is -0.199. The highest BCUT2D eigenvalue weighted by Gasteiger charge is 2.38. The number of aliphatic hydroxyl groups excluding tert-OH is 1. The number of rotatable bonds is 3. The van der Waals surface area contributed by atoms with Gasteiger partial charge in [-0.15, -0.1) is 0 Å². The minimum Gasteiger partial charge on any atom is -0.390 e. The standard InChI is InChI=1S/C17H21F3N2O3/c18-17(19,20)13-3-1-12(2-4-13)9-16(24)22-10-14(15(23)11-22)21-5-7-25-8-6-21/h1-4,14-15,23H,5-11H2. The second-order valence-electron chi connectivity index (χ2n) is 6.45. The van der Waals surface area contributed by atoms with E-state index in [0.29, 0.717) is 25.3 Å². The van der Waals surface area contributed by atoms with Gasteiger partial charge in [-0.2, -0.15) is 13.2 Å². The van der Waals surface area contributed by atoms with Crippen molar-refractivity contribution in [3.8, 4) is 0 Å². The maximum Gasteiger partial charge on any atom is 0.416 e. The summed E-state index contributed by atoms with van der Waals surface area (Å²) in [6.45, 7) is 3.36. The number of benzene rings is 1. The molecule has 2 fully saturated rings. The predicted octanol–water partition coefficient (Wildman–Crippen LogP) is 1.15. The lowest BCUT2D eigenvalue weighted by molar-refractivity contribution is -0.137. The quantitative estimate of drug-likeness (QED) is 0.881. The van der Waals surface area contributed by atoms with Crippen LogP contribution in [0.25, 0.3) is 0 Å². The highest BCUT2D eigenvalue weighted by Crippen LogP contribution is 2.29. The topological polar surface area (TPSA) is 53.0 Å². The highest BCUT2D eigenvalue weighted by molar-refractivity contribution is 5.79. The lowest BCUT2D eigenvalue weighted by Gasteiger charge is -2.33. The van der Waals surface area contributed by atoms with Crippen LogP contribution in [-0.2, 0) is 22.1 Å². The molecule has 0 bridgehead atoms. The van der Waals surface area contributed by atoms with Crippen molar-refractivity contribution < 1.29 is 27.8 Å². The molecule has 0 aromatic heterocycles. The molecule has 1 aromatic rings. The first kappa shape index (κ1) is 18.2. The number of hydrogen-bond donors (Lipinski definition) is 1. The maximum absolute atomic E-state index is 12.6. The molecule has 138 valence electrons. The maximum atomic E-state index is 12.6. The van der Waals surface area contributed by atoms with Gasteiger partial charge in [-0.05, 0) is 17.7 Å². The first-order chi connectivity index (χ1) is 11.8. The second kappa shape index (κ2) is 7.31. The number of carbonyl (C=O) groups excluding carboxylic acids is 1. The van der Waals surface area contributed by atoms with Gasteiger partial charge in [0.05, 0.1) is 37.3 Å². The van der Waals surface area contributed by atoms with Crippen molar-refractivity contribution in [3.05, 3.63) is 35.4 Å². The molecule has 2 unspecified atom stereocenters. The Hall–Kier alpha value is -1.64. The molecule has 0 radical (unpaired) electrons. The van der Waals surface area contributed by atoms with Gasteiger partial charge < -0.3 is 14.7 Å².